The van der Waals surface area contributed by atoms with Gasteiger partial charge in [0, 0.05) is 11.3 Å². The van der Waals surface area contributed by atoms with E-state index in [9.17, 15) is 14.4 Å². The first-order chi connectivity index (χ1) is 13.4. The number of nitrogens with one attached hydrogen (secondary N) is 2. The molecule has 28 heavy (non-hydrogen) atoms. The lowest BCUT2D eigenvalue weighted by Crippen LogP contribution is -2.30. The maximum Gasteiger partial charge on any atom is 0.325 e. The zero-order valence-electron chi connectivity index (χ0n) is 16.2. The van der Waals surface area contributed by atoms with Crippen LogP contribution in [0.1, 0.15) is 27.9 Å². The van der Waals surface area contributed by atoms with Crippen LogP contribution in [-0.4, -0.2) is 38.0 Å². The third-order valence-electron chi connectivity index (χ3n) is 4.04. The smallest absolute Gasteiger partial charge is 0.325 e. The quantitative estimate of drug-likeness (QED) is 0.683. The van der Waals surface area contributed by atoms with Crippen molar-refractivity contribution in [1.29, 1.82) is 0 Å². The average molecular weight is 384 g/mol. The molecule has 0 aliphatic carbocycles. The van der Waals surface area contributed by atoms with Gasteiger partial charge < -0.3 is 20.1 Å². The van der Waals surface area contributed by atoms with Gasteiger partial charge in [0.25, 0.3) is 5.91 Å². The van der Waals surface area contributed by atoms with Crippen LogP contribution in [0.4, 0.5) is 5.69 Å². The van der Waals surface area contributed by atoms with Crippen LogP contribution in [0.5, 0.6) is 5.75 Å². The molecule has 7 heteroatoms. The highest BCUT2D eigenvalue weighted by atomic mass is 16.5. The van der Waals surface area contributed by atoms with Gasteiger partial charge >= 0.3 is 5.97 Å². The van der Waals surface area contributed by atoms with Crippen molar-refractivity contribution in [3.05, 3.63) is 59.2 Å². The van der Waals surface area contributed by atoms with Crippen molar-refractivity contribution in [2.24, 2.45) is 0 Å². The number of anilines is 1. The van der Waals surface area contributed by atoms with Crippen LogP contribution in [0, 0.1) is 13.8 Å². The SMILES string of the molecule is COC(=O)CNC(=O)c1ccc(NC(=O)CCOc2c(C)cccc2C)cc1. The molecule has 0 aliphatic heterocycles. The highest BCUT2D eigenvalue weighted by molar-refractivity contribution is 5.97. The van der Waals surface area contributed by atoms with Crippen molar-refractivity contribution in [3.63, 3.8) is 0 Å². The number of hydrogen-bond acceptors (Lipinski definition) is 5. The maximum atomic E-state index is 12.1. The summed E-state index contributed by atoms with van der Waals surface area (Å²) in [5.41, 5.74) is 3.00. The first-order valence-corrected chi connectivity index (χ1v) is 8.84. The van der Waals surface area contributed by atoms with Gasteiger partial charge in [0.15, 0.2) is 0 Å². The molecule has 0 unspecified atom stereocenters. The number of methoxy groups -OCH3 is 1. The van der Waals surface area contributed by atoms with Gasteiger partial charge in [-0.25, -0.2) is 0 Å². The van der Waals surface area contributed by atoms with Crippen molar-refractivity contribution < 1.29 is 23.9 Å². The number of para-hydroxylation sites is 1. The number of aryl methyl sites for hydroxylation is 2. The zero-order chi connectivity index (χ0) is 20.5. The summed E-state index contributed by atoms with van der Waals surface area (Å²) >= 11 is 0. The highest BCUT2D eigenvalue weighted by Gasteiger charge is 2.09. The third-order valence-corrected chi connectivity index (χ3v) is 4.04. The second kappa shape index (κ2) is 10.1. The Morgan fingerprint density at radius 2 is 1.61 bits per heavy atom. The molecule has 0 bridgehead atoms. The highest BCUT2D eigenvalue weighted by Crippen LogP contribution is 2.22. The first kappa shape index (κ1) is 21.0. The summed E-state index contributed by atoms with van der Waals surface area (Å²) in [6, 6.07) is 12.3. The van der Waals surface area contributed by atoms with Crippen LogP contribution < -0.4 is 15.4 Å². The zero-order valence-corrected chi connectivity index (χ0v) is 16.2. The van der Waals surface area contributed by atoms with E-state index in [0.29, 0.717) is 11.3 Å². The van der Waals surface area contributed by atoms with Crippen molar-refractivity contribution >= 4 is 23.5 Å². The van der Waals surface area contributed by atoms with Crippen LogP contribution in [0.15, 0.2) is 42.5 Å². The number of amides is 2. The fraction of sp³-hybridized carbons (Fsp3) is 0.286. The summed E-state index contributed by atoms with van der Waals surface area (Å²) in [6.45, 7) is 4.00. The van der Waals surface area contributed by atoms with Gasteiger partial charge in [-0.2, -0.15) is 0 Å². The Bertz CT molecular complexity index is 826. The standard InChI is InChI=1S/C21H24N2O5/c1-14-5-4-6-15(2)20(14)28-12-11-18(24)23-17-9-7-16(8-10-17)21(26)22-13-19(25)27-3/h4-10H,11-13H2,1-3H3,(H,22,26)(H,23,24). The number of benzene rings is 2. The van der Waals surface area contributed by atoms with E-state index in [2.05, 4.69) is 15.4 Å². The summed E-state index contributed by atoms with van der Waals surface area (Å²) in [5.74, 6) is -0.308. The number of ether oxygens (including phenoxy) is 2. The predicted molar refractivity (Wildman–Crippen MR) is 105 cm³/mol. The van der Waals surface area contributed by atoms with E-state index in [1.165, 1.54) is 7.11 Å². The van der Waals surface area contributed by atoms with Crippen molar-refractivity contribution in [1.82, 2.24) is 5.32 Å². The van der Waals surface area contributed by atoms with E-state index in [0.717, 1.165) is 16.9 Å². The van der Waals surface area contributed by atoms with Gasteiger partial charge in [-0.3, -0.25) is 14.4 Å². The molecular weight excluding hydrogens is 360 g/mol. The van der Waals surface area contributed by atoms with E-state index < -0.39 is 11.9 Å². The van der Waals surface area contributed by atoms with Gasteiger partial charge in [-0.1, -0.05) is 18.2 Å². The van der Waals surface area contributed by atoms with Gasteiger partial charge in [0.2, 0.25) is 5.91 Å². The van der Waals surface area contributed by atoms with Crippen LogP contribution in [0.25, 0.3) is 0 Å². The Kier molecular flexibility index (Phi) is 7.56. The molecule has 0 aromatic heterocycles. The summed E-state index contributed by atoms with van der Waals surface area (Å²) in [7, 11) is 1.25. The van der Waals surface area contributed by atoms with E-state index >= 15 is 0 Å². The molecule has 2 aromatic carbocycles. The van der Waals surface area contributed by atoms with Gasteiger partial charge in [0.05, 0.1) is 20.1 Å². The Morgan fingerprint density at radius 1 is 0.964 bits per heavy atom. The number of rotatable bonds is 8. The molecule has 0 saturated carbocycles. The summed E-state index contributed by atoms with van der Waals surface area (Å²) < 4.78 is 10.2. The molecule has 0 saturated heterocycles. The molecule has 0 heterocycles. The molecule has 2 rings (SSSR count). The van der Waals surface area contributed by atoms with Crippen molar-refractivity contribution in [2.45, 2.75) is 20.3 Å². The topological polar surface area (TPSA) is 93.7 Å². The van der Waals surface area contributed by atoms with E-state index in [1.807, 2.05) is 32.0 Å². The fourth-order valence-corrected chi connectivity index (χ4v) is 2.53. The molecule has 2 aromatic rings. The summed E-state index contributed by atoms with van der Waals surface area (Å²) in [5, 5.41) is 5.20. The van der Waals surface area contributed by atoms with Crippen LogP contribution >= 0.6 is 0 Å². The second-order valence-corrected chi connectivity index (χ2v) is 6.20. The molecule has 0 atom stereocenters. The molecule has 0 aliphatic rings. The average Bonchev–Trinajstić information content (AvgIpc) is 2.68. The Labute approximate surface area is 164 Å². The third kappa shape index (κ3) is 6.12. The van der Waals surface area contributed by atoms with E-state index in [1.54, 1.807) is 24.3 Å². The minimum absolute atomic E-state index is 0.186. The molecule has 0 radical (unpaired) electrons. The number of hydrogen-bond donors (Lipinski definition) is 2. The van der Waals surface area contributed by atoms with Crippen LogP contribution in [0.2, 0.25) is 0 Å². The Balaban J connectivity index is 1.80. The van der Waals surface area contributed by atoms with Crippen LogP contribution in [-0.2, 0) is 14.3 Å². The summed E-state index contributed by atoms with van der Waals surface area (Å²) in [6.07, 6.45) is 0.204. The molecule has 148 valence electrons. The fourth-order valence-electron chi connectivity index (χ4n) is 2.53. The van der Waals surface area contributed by atoms with Crippen molar-refractivity contribution in [2.75, 3.05) is 25.6 Å². The number of carbonyl (C=O) groups excluding carboxylic acids is 3. The number of carbonyl (C=O) groups is 3. The van der Waals surface area contributed by atoms with Gasteiger partial charge in [-0.05, 0) is 49.2 Å². The monoisotopic (exact) mass is 384 g/mol. The van der Waals surface area contributed by atoms with Gasteiger partial charge in [0.1, 0.15) is 12.3 Å². The first-order valence-electron chi connectivity index (χ1n) is 8.84. The molecule has 2 amide bonds. The molecule has 0 fully saturated rings. The molecule has 0 spiro atoms. The van der Waals surface area contributed by atoms with E-state index in [4.69, 9.17) is 4.74 Å². The lowest BCUT2D eigenvalue weighted by Gasteiger charge is -2.12. The minimum Gasteiger partial charge on any atom is -0.493 e. The van der Waals surface area contributed by atoms with E-state index in [-0.39, 0.29) is 25.5 Å². The molecular formula is C21H24N2O5. The van der Waals surface area contributed by atoms with Crippen LogP contribution in [0.3, 0.4) is 0 Å². The predicted octanol–water partition coefficient (Wildman–Crippen LogP) is 2.61. The lowest BCUT2D eigenvalue weighted by atomic mass is 10.1. The normalized spacial score (nSPS) is 10.1. The molecule has 7 nitrogen and oxygen atoms in total. The number of esters is 1. The van der Waals surface area contributed by atoms with Crippen molar-refractivity contribution in [3.8, 4) is 5.75 Å². The Hall–Kier alpha value is -3.35. The Morgan fingerprint density at radius 3 is 2.21 bits per heavy atom. The maximum absolute atomic E-state index is 12.1. The minimum atomic E-state index is -0.527. The second-order valence-electron chi connectivity index (χ2n) is 6.20. The van der Waals surface area contributed by atoms with Gasteiger partial charge in [-0.15, -0.1) is 0 Å². The molecule has 2 N–H and O–H groups in total. The summed E-state index contributed by atoms with van der Waals surface area (Å²) in [4.78, 5) is 35.0. The lowest BCUT2D eigenvalue weighted by molar-refractivity contribution is -0.139. The largest absolute Gasteiger partial charge is 0.493 e.